The van der Waals surface area contributed by atoms with Crippen LogP contribution in [-0.4, -0.2) is 28.2 Å². The van der Waals surface area contributed by atoms with E-state index >= 15 is 0 Å². The zero-order valence-electron chi connectivity index (χ0n) is 14.0. The van der Waals surface area contributed by atoms with Gasteiger partial charge in [0.05, 0.1) is 42.0 Å². The normalized spacial score (nSPS) is 11.2. The smallest absolute Gasteiger partial charge is 0.416 e. The molecule has 0 bridgehead atoms. The number of benzene rings is 1. The van der Waals surface area contributed by atoms with Crippen LogP contribution in [0.1, 0.15) is 5.56 Å². The van der Waals surface area contributed by atoms with Crippen LogP contribution in [0.25, 0.3) is 16.6 Å². The number of hydrogen-bond acceptors (Lipinski definition) is 5. The molecule has 0 aliphatic heterocycles. The summed E-state index contributed by atoms with van der Waals surface area (Å²) in [5.41, 5.74) is -1.51. The zero-order chi connectivity index (χ0) is 19.6. The maximum atomic E-state index is 13.4. The molecule has 3 aromatic rings. The van der Waals surface area contributed by atoms with Crippen LogP contribution in [0.2, 0.25) is 0 Å². The first-order valence-corrected chi connectivity index (χ1v) is 7.66. The number of alkyl halides is 3. The SMILES string of the molecule is C#CCNc1nc(=O)n(-c2cccnc2)c2cc(C(F)(F)F)cc(OC)c12. The summed E-state index contributed by atoms with van der Waals surface area (Å²) in [5, 5.41) is 2.95. The first-order chi connectivity index (χ1) is 12.9. The molecule has 0 saturated carbocycles. The van der Waals surface area contributed by atoms with Gasteiger partial charge in [0, 0.05) is 6.20 Å². The summed E-state index contributed by atoms with van der Waals surface area (Å²) in [6.45, 7) is 0.0304. The average molecular weight is 374 g/mol. The molecule has 0 aliphatic rings. The van der Waals surface area contributed by atoms with E-state index in [-0.39, 0.29) is 34.7 Å². The van der Waals surface area contributed by atoms with Crippen molar-refractivity contribution in [2.75, 3.05) is 19.0 Å². The van der Waals surface area contributed by atoms with Crippen molar-refractivity contribution in [3.05, 3.63) is 52.7 Å². The first kappa shape index (κ1) is 18.3. The minimum atomic E-state index is -4.63. The molecule has 0 unspecified atom stereocenters. The van der Waals surface area contributed by atoms with Gasteiger partial charge in [0.15, 0.2) is 0 Å². The number of methoxy groups -OCH3 is 1. The number of hydrogen-bond donors (Lipinski definition) is 1. The first-order valence-electron chi connectivity index (χ1n) is 7.66. The molecule has 0 spiro atoms. The highest BCUT2D eigenvalue weighted by atomic mass is 19.4. The van der Waals surface area contributed by atoms with E-state index < -0.39 is 17.4 Å². The summed E-state index contributed by atoms with van der Waals surface area (Å²) in [6, 6.07) is 4.82. The Morgan fingerprint density at radius 3 is 2.74 bits per heavy atom. The van der Waals surface area contributed by atoms with Gasteiger partial charge in [-0.15, -0.1) is 6.42 Å². The van der Waals surface area contributed by atoms with Gasteiger partial charge in [0.2, 0.25) is 0 Å². The van der Waals surface area contributed by atoms with E-state index in [1.54, 1.807) is 6.07 Å². The number of nitrogens with one attached hydrogen (secondary N) is 1. The van der Waals surface area contributed by atoms with Crippen molar-refractivity contribution >= 4 is 16.7 Å². The molecule has 0 amide bonds. The standard InChI is InChI=1S/C18H13F3N4O2/c1-3-6-23-16-15-13(8-11(18(19,20)21)9-14(15)27-2)25(17(26)24-16)12-5-4-7-22-10-12/h1,4-5,7-10H,6H2,2H3,(H,23,24,26). The molecule has 0 aliphatic carbocycles. The molecule has 27 heavy (non-hydrogen) atoms. The fraction of sp³-hybridized carbons (Fsp3) is 0.167. The van der Waals surface area contributed by atoms with Gasteiger partial charge in [-0.2, -0.15) is 18.2 Å². The van der Waals surface area contributed by atoms with E-state index in [0.29, 0.717) is 0 Å². The van der Waals surface area contributed by atoms with E-state index in [1.807, 2.05) is 0 Å². The molecule has 0 fully saturated rings. The molecule has 9 heteroatoms. The van der Waals surface area contributed by atoms with Crippen molar-refractivity contribution in [2.24, 2.45) is 0 Å². The molecule has 6 nitrogen and oxygen atoms in total. The van der Waals surface area contributed by atoms with Gasteiger partial charge >= 0.3 is 11.9 Å². The van der Waals surface area contributed by atoms with E-state index in [1.165, 1.54) is 25.6 Å². The summed E-state index contributed by atoms with van der Waals surface area (Å²) in [6.07, 6.45) is 3.42. The van der Waals surface area contributed by atoms with E-state index in [9.17, 15) is 18.0 Å². The van der Waals surface area contributed by atoms with Crippen LogP contribution < -0.4 is 15.7 Å². The van der Waals surface area contributed by atoms with Crippen LogP contribution in [0, 0.1) is 12.3 Å². The number of anilines is 1. The Hall–Kier alpha value is -3.54. The fourth-order valence-electron chi connectivity index (χ4n) is 2.64. The van der Waals surface area contributed by atoms with Crippen LogP contribution in [0.5, 0.6) is 5.75 Å². The largest absolute Gasteiger partial charge is 0.496 e. The molecule has 1 N–H and O–H groups in total. The Balaban J connectivity index is 2.47. The Kier molecular flexibility index (Phi) is 4.73. The highest BCUT2D eigenvalue weighted by Gasteiger charge is 2.33. The number of ether oxygens (including phenoxy) is 1. The second-order valence-corrected chi connectivity index (χ2v) is 5.42. The Morgan fingerprint density at radius 1 is 1.37 bits per heavy atom. The number of rotatable bonds is 4. The molecule has 1 aromatic carbocycles. The summed E-state index contributed by atoms with van der Waals surface area (Å²) >= 11 is 0. The van der Waals surface area contributed by atoms with Crippen molar-refractivity contribution in [3.8, 4) is 23.8 Å². The highest BCUT2D eigenvalue weighted by molar-refractivity contribution is 5.96. The second-order valence-electron chi connectivity index (χ2n) is 5.42. The number of terminal acetylenes is 1. The van der Waals surface area contributed by atoms with Crippen molar-refractivity contribution in [3.63, 3.8) is 0 Å². The second kappa shape index (κ2) is 6.99. The van der Waals surface area contributed by atoms with E-state index in [2.05, 4.69) is 21.2 Å². The predicted molar refractivity (Wildman–Crippen MR) is 94.0 cm³/mol. The maximum Gasteiger partial charge on any atom is 0.416 e. The number of nitrogens with zero attached hydrogens (tertiary/aromatic N) is 3. The number of fused-ring (bicyclic) bond motifs is 1. The maximum absolute atomic E-state index is 13.4. The van der Waals surface area contributed by atoms with Gasteiger partial charge < -0.3 is 10.1 Å². The lowest BCUT2D eigenvalue weighted by Crippen LogP contribution is -2.24. The number of pyridine rings is 1. The fourth-order valence-corrected chi connectivity index (χ4v) is 2.64. The van der Waals surface area contributed by atoms with Crippen molar-refractivity contribution in [1.82, 2.24) is 14.5 Å². The van der Waals surface area contributed by atoms with Crippen molar-refractivity contribution < 1.29 is 17.9 Å². The van der Waals surface area contributed by atoms with Crippen LogP contribution in [0.15, 0.2) is 41.5 Å². The number of aromatic nitrogens is 3. The number of halogens is 3. The monoisotopic (exact) mass is 374 g/mol. The molecule has 3 rings (SSSR count). The van der Waals surface area contributed by atoms with E-state index in [4.69, 9.17) is 11.2 Å². The molecular weight excluding hydrogens is 361 g/mol. The third kappa shape index (κ3) is 3.42. The third-order valence-corrected chi connectivity index (χ3v) is 3.77. The minimum absolute atomic E-state index is 0.0304. The van der Waals surface area contributed by atoms with Crippen LogP contribution in [-0.2, 0) is 6.18 Å². The Labute approximate surface area is 151 Å². The van der Waals surface area contributed by atoms with Crippen molar-refractivity contribution in [1.29, 1.82) is 0 Å². The van der Waals surface area contributed by atoms with Gasteiger partial charge in [-0.3, -0.25) is 9.55 Å². The summed E-state index contributed by atoms with van der Waals surface area (Å²) in [4.78, 5) is 20.4. The molecule has 0 saturated heterocycles. The summed E-state index contributed by atoms with van der Waals surface area (Å²) in [5.74, 6) is 2.28. The quantitative estimate of drug-likeness (QED) is 0.712. The summed E-state index contributed by atoms with van der Waals surface area (Å²) < 4.78 is 46.3. The van der Waals surface area contributed by atoms with Gasteiger partial charge in [-0.1, -0.05) is 5.92 Å². The van der Waals surface area contributed by atoms with Crippen LogP contribution in [0.4, 0.5) is 19.0 Å². The minimum Gasteiger partial charge on any atom is -0.496 e. The van der Waals surface area contributed by atoms with Gasteiger partial charge in [-0.05, 0) is 24.3 Å². The predicted octanol–water partition coefficient (Wildman–Crippen LogP) is 2.85. The molecule has 2 heterocycles. The molecule has 0 atom stereocenters. The third-order valence-electron chi connectivity index (χ3n) is 3.77. The highest BCUT2D eigenvalue weighted by Crippen LogP contribution is 2.38. The average Bonchev–Trinajstić information content (AvgIpc) is 2.65. The topological polar surface area (TPSA) is 69.0 Å². The Bertz CT molecular complexity index is 1090. The Morgan fingerprint density at radius 2 is 2.15 bits per heavy atom. The van der Waals surface area contributed by atoms with Gasteiger partial charge in [0.25, 0.3) is 0 Å². The van der Waals surface area contributed by atoms with Crippen molar-refractivity contribution in [2.45, 2.75) is 6.18 Å². The zero-order valence-corrected chi connectivity index (χ0v) is 14.0. The lowest BCUT2D eigenvalue weighted by Gasteiger charge is -2.17. The van der Waals surface area contributed by atoms with Crippen LogP contribution >= 0.6 is 0 Å². The lowest BCUT2D eigenvalue weighted by atomic mass is 10.1. The van der Waals surface area contributed by atoms with Gasteiger partial charge in [-0.25, -0.2) is 4.79 Å². The molecule has 138 valence electrons. The molecule has 0 radical (unpaired) electrons. The molecular formula is C18H13F3N4O2. The summed E-state index contributed by atoms with van der Waals surface area (Å²) in [7, 11) is 1.24. The lowest BCUT2D eigenvalue weighted by molar-refractivity contribution is -0.137. The van der Waals surface area contributed by atoms with Gasteiger partial charge in [0.1, 0.15) is 11.6 Å². The van der Waals surface area contributed by atoms with Crippen LogP contribution in [0.3, 0.4) is 0 Å². The van der Waals surface area contributed by atoms with E-state index in [0.717, 1.165) is 16.7 Å². The molecule has 2 aromatic heterocycles.